The minimum absolute atomic E-state index is 0.0997. The van der Waals surface area contributed by atoms with Gasteiger partial charge in [0.15, 0.2) is 5.76 Å². The summed E-state index contributed by atoms with van der Waals surface area (Å²) in [5, 5.41) is 15.7. The first-order chi connectivity index (χ1) is 13.2. The number of rotatable bonds is 4. The van der Waals surface area contributed by atoms with E-state index in [9.17, 15) is 13.2 Å². The molecule has 1 aliphatic heterocycles. The Balaban J connectivity index is 1.64. The summed E-state index contributed by atoms with van der Waals surface area (Å²) in [5.74, 6) is -0.254. The van der Waals surface area contributed by atoms with Crippen LogP contribution >= 0.6 is 11.6 Å². The van der Waals surface area contributed by atoms with E-state index >= 15 is 0 Å². The third-order valence-electron chi connectivity index (χ3n) is 4.75. The molecule has 28 heavy (non-hydrogen) atoms. The van der Waals surface area contributed by atoms with Gasteiger partial charge >= 0.3 is 0 Å². The number of nitrogens with one attached hydrogen (secondary N) is 1. The zero-order chi connectivity index (χ0) is 20.5. The van der Waals surface area contributed by atoms with Crippen molar-refractivity contribution in [1.29, 1.82) is 5.26 Å². The lowest BCUT2D eigenvalue weighted by Crippen LogP contribution is -2.41. The van der Waals surface area contributed by atoms with Gasteiger partial charge < -0.3 is 9.84 Å². The van der Waals surface area contributed by atoms with Gasteiger partial charge in [-0.25, -0.2) is 8.42 Å². The molecule has 1 aromatic heterocycles. The van der Waals surface area contributed by atoms with Gasteiger partial charge in [0.1, 0.15) is 16.7 Å². The first-order valence-electron chi connectivity index (χ1n) is 8.67. The highest BCUT2D eigenvalue weighted by molar-refractivity contribution is 7.89. The van der Waals surface area contributed by atoms with E-state index in [-0.39, 0.29) is 40.6 Å². The number of piperidine rings is 1. The molecular formula is C18H19ClN4O4S. The Bertz CT molecular complexity index is 1030. The topological polar surface area (TPSA) is 116 Å². The van der Waals surface area contributed by atoms with Crippen molar-refractivity contribution in [2.24, 2.45) is 5.92 Å². The van der Waals surface area contributed by atoms with Gasteiger partial charge in [0.05, 0.1) is 10.6 Å². The Labute approximate surface area is 168 Å². The molecule has 0 saturated carbocycles. The molecule has 0 bridgehead atoms. The van der Waals surface area contributed by atoms with Crippen LogP contribution in [-0.4, -0.2) is 36.9 Å². The Morgan fingerprint density at radius 1 is 1.36 bits per heavy atom. The molecule has 2 aromatic rings. The fraction of sp³-hybridized carbons (Fsp3) is 0.389. The summed E-state index contributed by atoms with van der Waals surface area (Å²) >= 11 is 5.98. The smallest absolute Gasteiger partial charge is 0.248 e. The van der Waals surface area contributed by atoms with Gasteiger partial charge in [-0.2, -0.15) is 9.57 Å². The highest BCUT2D eigenvalue weighted by Gasteiger charge is 2.35. The van der Waals surface area contributed by atoms with Gasteiger partial charge in [0.2, 0.25) is 15.9 Å². The number of amides is 1. The van der Waals surface area contributed by atoms with Crippen molar-refractivity contribution in [1.82, 2.24) is 9.46 Å². The molecule has 0 spiro atoms. The van der Waals surface area contributed by atoms with Crippen LogP contribution in [0, 0.1) is 31.1 Å². The molecule has 0 unspecified atom stereocenters. The highest BCUT2D eigenvalue weighted by Crippen LogP contribution is 2.28. The quantitative estimate of drug-likeness (QED) is 0.809. The Morgan fingerprint density at radius 2 is 2.04 bits per heavy atom. The Kier molecular flexibility index (Phi) is 5.74. The number of carbonyl (C=O) groups is 1. The molecule has 0 atom stereocenters. The zero-order valence-corrected chi connectivity index (χ0v) is 17.0. The highest BCUT2D eigenvalue weighted by atomic mass is 35.5. The first kappa shape index (κ1) is 20.3. The van der Waals surface area contributed by atoms with Crippen LogP contribution in [-0.2, 0) is 14.8 Å². The van der Waals surface area contributed by atoms with Crippen molar-refractivity contribution >= 4 is 33.2 Å². The van der Waals surface area contributed by atoms with Gasteiger partial charge in [-0.15, -0.1) is 0 Å². The summed E-state index contributed by atoms with van der Waals surface area (Å²) in [6.45, 7) is 3.62. The Morgan fingerprint density at radius 3 is 2.57 bits per heavy atom. The third kappa shape index (κ3) is 3.90. The lowest BCUT2D eigenvalue weighted by atomic mass is 9.97. The van der Waals surface area contributed by atoms with Crippen LogP contribution in [0.4, 0.5) is 5.69 Å². The van der Waals surface area contributed by atoms with Crippen LogP contribution in [0.1, 0.15) is 29.9 Å². The maximum Gasteiger partial charge on any atom is 0.248 e. The van der Waals surface area contributed by atoms with Crippen molar-refractivity contribution in [2.75, 3.05) is 18.4 Å². The van der Waals surface area contributed by atoms with Gasteiger partial charge in [-0.3, -0.25) is 4.79 Å². The Hall–Kier alpha value is -2.41. The number of halogens is 1. The summed E-state index contributed by atoms with van der Waals surface area (Å²) in [7, 11) is -3.70. The van der Waals surface area contributed by atoms with E-state index in [1.54, 1.807) is 19.9 Å². The number of sulfonamides is 1. The predicted octanol–water partition coefficient (Wildman–Crippen LogP) is 2.86. The monoisotopic (exact) mass is 422 g/mol. The van der Waals surface area contributed by atoms with Gasteiger partial charge in [0.25, 0.3) is 0 Å². The summed E-state index contributed by atoms with van der Waals surface area (Å²) in [5.41, 5.74) is 1.16. The first-order valence-corrected chi connectivity index (χ1v) is 10.5. The fourth-order valence-corrected chi connectivity index (χ4v) is 5.24. The van der Waals surface area contributed by atoms with E-state index in [1.165, 1.54) is 16.4 Å². The van der Waals surface area contributed by atoms with E-state index in [0.29, 0.717) is 29.8 Å². The van der Waals surface area contributed by atoms with Crippen LogP contribution < -0.4 is 5.32 Å². The second kappa shape index (κ2) is 7.91. The number of nitriles is 1. The SMILES string of the molecule is Cc1noc(C)c1S(=O)(=O)N1CCC(C(=O)Nc2ccc(C#N)c(Cl)c2)CC1. The van der Waals surface area contributed by atoms with Crippen LogP contribution in [0.2, 0.25) is 5.02 Å². The minimum atomic E-state index is -3.70. The molecule has 1 amide bonds. The number of hydrogen-bond acceptors (Lipinski definition) is 6. The van der Waals surface area contributed by atoms with Gasteiger partial charge in [-0.1, -0.05) is 16.8 Å². The number of carbonyl (C=O) groups excluding carboxylic acids is 1. The van der Waals surface area contributed by atoms with Crippen LogP contribution in [0.15, 0.2) is 27.6 Å². The molecule has 148 valence electrons. The average Bonchev–Trinajstić information content (AvgIpc) is 3.01. The van der Waals surface area contributed by atoms with Gasteiger partial charge in [0, 0.05) is 24.7 Å². The molecule has 3 rings (SSSR count). The van der Waals surface area contributed by atoms with Crippen molar-refractivity contribution in [3.63, 3.8) is 0 Å². The molecular weight excluding hydrogens is 404 g/mol. The van der Waals surface area contributed by atoms with Crippen LogP contribution in [0.5, 0.6) is 0 Å². The number of aryl methyl sites for hydroxylation is 2. The lowest BCUT2D eigenvalue weighted by Gasteiger charge is -2.30. The van der Waals surface area contributed by atoms with Crippen molar-refractivity contribution in [2.45, 2.75) is 31.6 Å². The van der Waals surface area contributed by atoms with Crippen molar-refractivity contribution in [3.05, 3.63) is 40.2 Å². The predicted molar refractivity (Wildman–Crippen MR) is 102 cm³/mol. The summed E-state index contributed by atoms with van der Waals surface area (Å²) in [6, 6.07) is 6.63. The molecule has 8 nitrogen and oxygen atoms in total. The zero-order valence-electron chi connectivity index (χ0n) is 15.4. The van der Waals surface area contributed by atoms with E-state index in [0.717, 1.165) is 0 Å². The van der Waals surface area contributed by atoms with E-state index < -0.39 is 10.0 Å². The van der Waals surface area contributed by atoms with Gasteiger partial charge in [-0.05, 0) is 44.9 Å². The number of aromatic nitrogens is 1. The van der Waals surface area contributed by atoms with Crippen LogP contribution in [0.25, 0.3) is 0 Å². The maximum absolute atomic E-state index is 12.8. The largest absolute Gasteiger partial charge is 0.360 e. The van der Waals surface area contributed by atoms with E-state index in [2.05, 4.69) is 10.5 Å². The van der Waals surface area contributed by atoms with E-state index in [1.807, 2.05) is 6.07 Å². The molecule has 1 saturated heterocycles. The molecule has 10 heteroatoms. The van der Waals surface area contributed by atoms with Crippen molar-refractivity contribution in [3.8, 4) is 6.07 Å². The second-order valence-electron chi connectivity index (χ2n) is 6.63. The van der Waals surface area contributed by atoms with Crippen LogP contribution in [0.3, 0.4) is 0 Å². The summed E-state index contributed by atoms with van der Waals surface area (Å²) < 4.78 is 32.0. The second-order valence-corrected chi connectivity index (χ2v) is 8.91. The average molecular weight is 423 g/mol. The molecule has 0 aliphatic carbocycles. The molecule has 1 N–H and O–H groups in total. The molecule has 0 radical (unpaired) electrons. The lowest BCUT2D eigenvalue weighted by molar-refractivity contribution is -0.120. The van der Waals surface area contributed by atoms with Crippen molar-refractivity contribution < 1.29 is 17.7 Å². The molecule has 1 aliphatic rings. The maximum atomic E-state index is 12.8. The standard InChI is InChI=1S/C18H19ClN4O4S/c1-11-17(12(2)27-22-11)28(25,26)23-7-5-13(6-8-23)18(24)21-15-4-3-14(10-20)16(19)9-15/h3-4,9,13H,5-8H2,1-2H3,(H,21,24). The summed E-state index contributed by atoms with van der Waals surface area (Å²) in [6.07, 6.45) is 0.802. The normalized spacial score (nSPS) is 15.9. The number of benzene rings is 1. The molecule has 1 aromatic carbocycles. The number of hydrogen-bond donors (Lipinski definition) is 1. The third-order valence-corrected chi connectivity index (χ3v) is 7.20. The number of nitrogens with zero attached hydrogens (tertiary/aromatic N) is 3. The van der Waals surface area contributed by atoms with E-state index in [4.69, 9.17) is 21.4 Å². The fourth-order valence-electron chi connectivity index (χ4n) is 3.26. The molecule has 2 heterocycles. The minimum Gasteiger partial charge on any atom is -0.360 e. The molecule has 1 fully saturated rings. The summed E-state index contributed by atoms with van der Waals surface area (Å²) in [4.78, 5) is 12.6. The number of anilines is 1.